The molecule has 0 atom stereocenters. The lowest BCUT2D eigenvalue weighted by Gasteiger charge is -2.11. The van der Waals surface area contributed by atoms with Crippen LogP contribution in [0.25, 0.3) is 10.9 Å². The summed E-state index contributed by atoms with van der Waals surface area (Å²) in [6.45, 7) is 1.24. The molecule has 0 spiro atoms. The Labute approximate surface area is 208 Å². The molecule has 2 aromatic carbocycles. The number of aryl methyl sites for hydroxylation is 1. The zero-order chi connectivity index (χ0) is 25.3. The third-order valence-corrected chi connectivity index (χ3v) is 5.67. The first-order chi connectivity index (χ1) is 17.6. The number of carbonyl (C=O) groups is 1. The highest BCUT2D eigenvalue weighted by Crippen LogP contribution is 2.29. The average Bonchev–Trinajstić information content (AvgIpc) is 2.92. The van der Waals surface area contributed by atoms with Crippen LogP contribution in [0.4, 0.5) is 0 Å². The summed E-state index contributed by atoms with van der Waals surface area (Å²) in [7, 11) is 3.05. The predicted molar refractivity (Wildman–Crippen MR) is 135 cm³/mol. The number of hydrogen-bond donors (Lipinski definition) is 1. The Morgan fingerprint density at radius 1 is 1.03 bits per heavy atom. The molecule has 1 N–H and O–H groups in total. The van der Waals surface area contributed by atoms with E-state index in [1.165, 1.54) is 25.1 Å². The lowest BCUT2D eigenvalue weighted by Crippen LogP contribution is -2.24. The minimum absolute atomic E-state index is 0.0832. The van der Waals surface area contributed by atoms with Crippen molar-refractivity contribution in [1.29, 1.82) is 0 Å². The number of methoxy groups -OCH3 is 2. The third kappa shape index (κ3) is 6.18. The van der Waals surface area contributed by atoms with E-state index in [-0.39, 0.29) is 11.5 Å². The summed E-state index contributed by atoms with van der Waals surface area (Å²) in [6, 6.07) is 14.7. The lowest BCUT2D eigenvalue weighted by atomic mass is 10.2. The summed E-state index contributed by atoms with van der Waals surface area (Å²) in [4.78, 5) is 33.6. The molecule has 0 aliphatic carbocycles. The quantitative estimate of drug-likeness (QED) is 0.345. The van der Waals surface area contributed by atoms with Crippen LogP contribution >= 0.6 is 0 Å². The van der Waals surface area contributed by atoms with E-state index >= 15 is 0 Å². The smallest absolute Gasteiger partial charge is 0.261 e. The summed E-state index contributed by atoms with van der Waals surface area (Å²) in [6.07, 6.45) is 5.79. The highest BCUT2D eigenvalue weighted by molar-refractivity contribution is 5.81. The van der Waals surface area contributed by atoms with Crippen LogP contribution in [-0.4, -0.2) is 34.7 Å². The van der Waals surface area contributed by atoms with Gasteiger partial charge < -0.3 is 19.5 Å². The van der Waals surface area contributed by atoms with Gasteiger partial charge in [-0.25, -0.2) is 4.98 Å². The fraction of sp³-hybridized carbons (Fsp3) is 0.259. The van der Waals surface area contributed by atoms with Gasteiger partial charge in [-0.2, -0.15) is 0 Å². The molecule has 0 aliphatic rings. The first-order valence-corrected chi connectivity index (χ1v) is 11.6. The van der Waals surface area contributed by atoms with E-state index in [1.54, 1.807) is 24.5 Å². The van der Waals surface area contributed by atoms with Gasteiger partial charge in [0.2, 0.25) is 5.91 Å². The Balaban J connectivity index is 1.24. The van der Waals surface area contributed by atoms with Crippen LogP contribution in [0, 0.1) is 0 Å². The molecule has 0 aliphatic heterocycles. The van der Waals surface area contributed by atoms with Crippen LogP contribution in [0.1, 0.15) is 24.0 Å². The Morgan fingerprint density at radius 2 is 1.81 bits per heavy atom. The van der Waals surface area contributed by atoms with E-state index in [9.17, 15) is 9.59 Å². The van der Waals surface area contributed by atoms with E-state index in [0.717, 1.165) is 16.9 Å². The van der Waals surface area contributed by atoms with E-state index in [1.807, 2.05) is 36.4 Å². The number of carbonyl (C=O) groups excluding carboxylic acids is 1. The van der Waals surface area contributed by atoms with Gasteiger partial charge in [-0.05, 0) is 36.2 Å². The van der Waals surface area contributed by atoms with Gasteiger partial charge in [-0.15, -0.1) is 0 Å². The molecule has 36 heavy (non-hydrogen) atoms. The summed E-state index contributed by atoms with van der Waals surface area (Å²) in [5.41, 5.74) is 2.30. The number of rotatable bonds is 11. The molecule has 4 rings (SSSR count). The highest BCUT2D eigenvalue weighted by atomic mass is 16.5. The Kier molecular flexibility index (Phi) is 8.12. The molecule has 0 saturated carbocycles. The Bertz CT molecular complexity index is 1370. The number of aromatic nitrogens is 3. The van der Waals surface area contributed by atoms with Crippen LogP contribution in [0.2, 0.25) is 0 Å². The minimum Gasteiger partial charge on any atom is -0.493 e. The van der Waals surface area contributed by atoms with Gasteiger partial charge in [0, 0.05) is 43.5 Å². The normalized spacial score (nSPS) is 10.7. The summed E-state index contributed by atoms with van der Waals surface area (Å²) in [5.74, 6) is 1.65. The minimum atomic E-state index is -0.188. The van der Waals surface area contributed by atoms with Crippen LogP contribution in [-0.2, 0) is 24.5 Å². The molecule has 0 radical (unpaired) electrons. The van der Waals surface area contributed by atoms with Gasteiger partial charge >= 0.3 is 0 Å². The number of ether oxygens (including phenoxy) is 3. The fourth-order valence-electron chi connectivity index (χ4n) is 3.70. The third-order valence-electron chi connectivity index (χ3n) is 5.67. The maximum Gasteiger partial charge on any atom is 0.261 e. The number of hydrogen-bond acceptors (Lipinski definition) is 7. The van der Waals surface area contributed by atoms with Crippen molar-refractivity contribution < 1.29 is 19.0 Å². The molecule has 2 heterocycles. The molecular weight excluding hydrogens is 460 g/mol. The van der Waals surface area contributed by atoms with E-state index in [0.29, 0.717) is 54.9 Å². The fourth-order valence-corrected chi connectivity index (χ4v) is 3.70. The highest BCUT2D eigenvalue weighted by Gasteiger charge is 2.11. The molecule has 1 amide bonds. The molecule has 2 aromatic heterocycles. The maximum absolute atomic E-state index is 12.9. The van der Waals surface area contributed by atoms with Crippen molar-refractivity contribution >= 4 is 16.8 Å². The number of benzene rings is 2. The van der Waals surface area contributed by atoms with Crippen molar-refractivity contribution in [1.82, 2.24) is 19.9 Å². The molecule has 0 saturated heterocycles. The second-order valence-electron chi connectivity index (χ2n) is 8.14. The van der Waals surface area contributed by atoms with Crippen molar-refractivity contribution in [2.45, 2.75) is 32.5 Å². The number of nitrogens with zero attached hydrogens (tertiary/aromatic N) is 3. The first-order valence-electron chi connectivity index (χ1n) is 11.6. The van der Waals surface area contributed by atoms with E-state index in [2.05, 4.69) is 15.3 Å². The largest absolute Gasteiger partial charge is 0.493 e. The number of fused-ring (bicyclic) bond motifs is 1. The zero-order valence-electron chi connectivity index (χ0n) is 20.3. The first kappa shape index (κ1) is 24.7. The van der Waals surface area contributed by atoms with Crippen LogP contribution in [0.15, 0.2) is 72.0 Å². The number of amides is 1. The van der Waals surface area contributed by atoms with Gasteiger partial charge in [0.1, 0.15) is 12.4 Å². The standard InChI is InChI=1S/C27H28N4O5/c1-34-24-13-22-23(14-25(24)35-2)30-18-31(27(22)33)12-4-6-26(32)29-16-19-7-9-21(10-8-19)36-17-20-5-3-11-28-15-20/h3,5,7-11,13-15,18H,4,6,12,16-17H2,1-2H3,(H,29,32). The van der Waals surface area contributed by atoms with Crippen LogP contribution in [0.5, 0.6) is 17.2 Å². The molecule has 0 fully saturated rings. The molecule has 0 unspecified atom stereocenters. The van der Waals surface area contributed by atoms with Crippen molar-refractivity contribution in [3.05, 3.63) is 88.7 Å². The number of pyridine rings is 1. The Hall–Kier alpha value is -4.40. The van der Waals surface area contributed by atoms with Crippen LogP contribution in [0.3, 0.4) is 0 Å². The van der Waals surface area contributed by atoms with E-state index < -0.39 is 0 Å². The topological polar surface area (TPSA) is 105 Å². The Morgan fingerprint density at radius 3 is 2.53 bits per heavy atom. The monoisotopic (exact) mass is 488 g/mol. The predicted octanol–water partition coefficient (Wildman–Crippen LogP) is 3.48. The van der Waals surface area contributed by atoms with Gasteiger partial charge in [0.25, 0.3) is 5.56 Å². The van der Waals surface area contributed by atoms with Crippen molar-refractivity contribution in [2.75, 3.05) is 14.2 Å². The van der Waals surface area contributed by atoms with Crippen molar-refractivity contribution in [3.63, 3.8) is 0 Å². The van der Waals surface area contributed by atoms with Gasteiger partial charge in [-0.1, -0.05) is 18.2 Å². The number of nitrogens with one attached hydrogen (secondary N) is 1. The molecule has 4 aromatic rings. The van der Waals surface area contributed by atoms with Crippen LogP contribution < -0.4 is 25.1 Å². The summed E-state index contributed by atoms with van der Waals surface area (Å²) < 4.78 is 17.8. The van der Waals surface area contributed by atoms with Gasteiger partial charge in [0.15, 0.2) is 11.5 Å². The second-order valence-corrected chi connectivity index (χ2v) is 8.14. The summed E-state index contributed by atoms with van der Waals surface area (Å²) >= 11 is 0. The maximum atomic E-state index is 12.9. The average molecular weight is 489 g/mol. The summed E-state index contributed by atoms with van der Waals surface area (Å²) in [5, 5.41) is 3.35. The molecular formula is C27H28N4O5. The van der Waals surface area contributed by atoms with Gasteiger partial charge in [-0.3, -0.25) is 19.1 Å². The van der Waals surface area contributed by atoms with Crippen molar-refractivity contribution in [3.8, 4) is 17.2 Å². The molecule has 0 bridgehead atoms. The SMILES string of the molecule is COc1cc2ncn(CCCC(=O)NCc3ccc(OCc4cccnc4)cc3)c(=O)c2cc1OC. The zero-order valence-corrected chi connectivity index (χ0v) is 20.3. The molecule has 9 heteroatoms. The van der Waals surface area contributed by atoms with E-state index in [4.69, 9.17) is 14.2 Å². The lowest BCUT2D eigenvalue weighted by molar-refractivity contribution is -0.121. The van der Waals surface area contributed by atoms with Crippen molar-refractivity contribution in [2.24, 2.45) is 0 Å². The van der Waals surface area contributed by atoms with Gasteiger partial charge in [0.05, 0.1) is 31.4 Å². The molecule has 9 nitrogen and oxygen atoms in total. The molecule has 186 valence electrons. The second kappa shape index (κ2) is 11.8.